The Balaban J connectivity index is 2.52. The van der Waals surface area contributed by atoms with E-state index in [-0.39, 0.29) is 6.04 Å². The molecule has 0 radical (unpaired) electrons. The van der Waals surface area contributed by atoms with Crippen LogP contribution in [0, 0.1) is 0 Å². The molecule has 2 rings (SSSR count). The van der Waals surface area contributed by atoms with Crippen LogP contribution in [-0.4, -0.2) is 11.6 Å². The van der Waals surface area contributed by atoms with Crippen molar-refractivity contribution in [3.8, 4) is 0 Å². The van der Waals surface area contributed by atoms with E-state index in [1.54, 1.807) is 6.20 Å². The van der Waals surface area contributed by atoms with E-state index in [9.17, 15) is 0 Å². The van der Waals surface area contributed by atoms with E-state index in [1.807, 2.05) is 6.20 Å². The second-order valence-electron chi connectivity index (χ2n) is 2.81. The van der Waals surface area contributed by atoms with Gasteiger partial charge in [0.05, 0.1) is 19.3 Å². The summed E-state index contributed by atoms with van der Waals surface area (Å²) in [5, 5.41) is 0. The first-order chi connectivity index (χ1) is 5.79. The number of hydrogen-bond donors (Lipinski definition) is 1. The molecule has 0 bridgehead atoms. The van der Waals surface area contributed by atoms with Crippen LogP contribution in [0.3, 0.4) is 0 Å². The van der Waals surface area contributed by atoms with Crippen molar-refractivity contribution in [2.45, 2.75) is 12.6 Å². The fraction of sp³-hybridized carbons (Fsp3) is 0.375. The number of ether oxygens (including phenoxy) is 1. The summed E-state index contributed by atoms with van der Waals surface area (Å²) in [6.07, 6.45) is 3.58. The number of fused-ring (bicyclic) bond motifs is 1. The number of pyridine rings is 1. The highest BCUT2D eigenvalue weighted by Gasteiger charge is 2.19. The van der Waals surface area contributed by atoms with Crippen molar-refractivity contribution in [3.05, 3.63) is 28.0 Å². The summed E-state index contributed by atoms with van der Waals surface area (Å²) in [6, 6.07) is -0.0289. The van der Waals surface area contributed by atoms with Crippen LogP contribution in [0.4, 0.5) is 0 Å². The zero-order valence-corrected chi connectivity index (χ0v) is 8.04. The molecule has 1 aliphatic rings. The third-order valence-electron chi connectivity index (χ3n) is 1.98. The molecule has 12 heavy (non-hydrogen) atoms. The lowest BCUT2D eigenvalue weighted by molar-refractivity contribution is 0.0916. The number of aromatic nitrogens is 1. The summed E-state index contributed by atoms with van der Waals surface area (Å²) in [6.45, 7) is 1.22. The van der Waals surface area contributed by atoms with E-state index in [0.29, 0.717) is 13.2 Å². The monoisotopic (exact) mass is 228 g/mol. The number of nitrogens with zero attached hydrogens (tertiary/aromatic N) is 1. The molecule has 1 aromatic heterocycles. The summed E-state index contributed by atoms with van der Waals surface area (Å²) in [5.41, 5.74) is 8.05. The Kier molecular flexibility index (Phi) is 2.12. The number of hydrogen-bond acceptors (Lipinski definition) is 3. The minimum absolute atomic E-state index is 0.0289. The summed E-state index contributed by atoms with van der Waals surface area (Å²) < 4.78 is 6.29. The smallest absolute Gasteiger partial charge is 0.0733 e. The maximum Gasteiger partial charge on any atom is 0.0733 e. The Hall–Kier alpha value is -0.450. The van der Waals surface area contributed by atoms with Crippen LogP contribution in [0.2, 0.25) is 0 Å². The van der Waals surface area contributed by atoms with Crippen molar-refractivity contribution >= 4 is 15.9 Å². The molecule has 4 heteroatoms. The second kappa shape index (κ2) is 3.12. The van der Waals surface area contributed by atoms with Gasteiger partial charge in [0.15, 0.2) is 0 Å². The lowest BCUT2D eigenvalue weighted by Crippen LogP contribution is -2.24. The van der Waals surface area contributed by atoms with Crippen molar-refractivity contribution < 1.29 is 4.74 Å². The SMILES string of the molecule is NC1COCc2c(Br)cncc21. The summed E-state index contributed by atoms with van der Waals surface area (Å²) in [5.74, 6) is 0. The van der Waals surface area contributed by atoms with Gasteiger partial charge in [-0.2, -0.15) is 0 Å². The quantitative estimate of drug-likeness (QED) is 0.730. The van der Waals surface area contributed by atoms with E-state index in [1.165, 1.54) is 0 Å². The fourth-order valence-electron chi connectivity index (χ4n) is 1.33. The van der Waals surface area contributed by atoms with Gasteiger partial charge in [-0.05, 0) is 27.1 Å². The highest BCUT2D eigenvalue weighted by atomic mass is 79.9. The minimum atomic E-state index is -0.0289. The third kappa shape index (κ3) is 1.26. The minimum Gasteiger partial charge on any atom is -0.375 e. The molecule has 0 spiro atoms. The van der Waals surface area contributed by atoms with Crippen molar-refractivity contribution in [2.75, 3.05) is 6.61 Å². The molecule has 3 nitrogen and oxygen atoms in total. The van der Waals surface area contributed by atoms with E-state index < -0.39 is 0 Å². The van der Waals surface area contributed by atoms with Gasteiger partial charge in [0.25, 0.3) is 0 Å². The first-order valence-corrected chi connectivity index (χ1v) is 4.54. The Morgan fingerprint density at radius 3 is 3.17 bits per heavy atom. The van der Waals surface area contributed by atoms with Crippen LogP contribution < -0.4 is 5.73 Å². The maximum atomic E-state index is 5.83. The average Bonchev–Trinajstić information content (AvgIpc) is 2.07. The lowest BCUT2D eigenvalue weighted by Gasteiger charge is -2.22. The molecule has 1 unspecified atom stereocenters. The number of rotatable bonds is 0. The summed E-state index contributed by atoms with van der Waals surface area (Å²) in [7, 11) is 0. The fourth-order valence-corrected chi connectivity index (χ4v) is 1.79. The molecule has 1 aromatic rings. The average molecular weight is 229 g/mol. The number of nitrogens with two attached hydrogens (primary N) is 1. The summed E-state index contributed by atoms with van der Waals surface area (Å²) in [4.78, 5) is 4.07. The van der Waals surface area contributed by atoms with Crippen molar-refractivity contribution in [2.24, 2.45) is 5.73 Å². The zero-order valence-electron chi connectivity index (χ0n) is 6.46. The van der Waals surface area contributed by atoms with Crippen LogP contribution in [0.5, 0.6) is 0 Å². The highest BCUT2D eigenvalue weighted by molar-refractivity contribution is 9.10. The third-order valence-corrected chi connectivity index (χ3v) is 2.66. The lowest BCUT2D eigenvalue weighted by atomic mass is 10.0. The van der Waals surface area contributed by atoms with E-state index in [2.05, 4.69) is 20.9 Å². The van der Waals surface area contributed by atoms with Gasteiger partial charge >= 0.3 is 0 Å². The van der Waals surface area contributed by atoms with Crippen LogP contribution in [-0.2, 0) is 11.3 Å². The van der Waals surface area contributed by atoms with Gasteiger partial charge in [-0.3, -0.25) is 4.98 Å². The predicted octanol–water partition coefficient (Wildman–Crippen LogP) is 1.37. The zero-order chi connectivity index (χ0) is 8.55. The van der Waals surface area contributed by atoms with Crippen molar-refractivity contribution in [1.29, 1.82) is 0 Å². The molecule has 0 aromatic carbocycles. The molecule has 0 fully saturated rings. The Morgan fingerprint density at radius 1 is 1.58 bits per heavy atom. The van der Waals surface area contributed by atoms with Gasteiger partial charge in [-0.15, -0.1) is 0 Å². The van der Waals surface area contributed by atoms with Gasteiger partial charge in [-0.25, -0.2) is 0 Å². The first kappa shape index (κ1) is 8.16. The largest absolute Gasteiger partial charge is 0.375 e. The molecule has 0 amide bonds. The molecule has 64 valence electrons. The van der Waals surface area contributed by atoms with E-state index >= 15 is 0 Å². The predicted molar refractivity (Wildman–Crippen MR) is 48.5 cm³/mol. The maximum absolute atomic E-state index is 5.83. The van der Waals surface area contributed by atoms with Crippen molar-refractivity contribution in [1.82, 2.24) is 4.98 Å². The van der Waals surface area contributed by atoms with E-state index in [0.717, 1.165) is 15.6 Å². The molecule has 0 saturated carbocycles. The molecular formula is C8H9BrN2O. The van der Waals surface area contributed by atoms with E-state index in [4.69, 9.17) is 10.5 Å². The first-order valence-electron chi connectivity index (χ1n) is 3.74. The molecule has 2 heterocycles. The molecule has 0 aliphatic carbocycles. The van der Waals surface area contributed by atoms with Gasteiger partial charge < -0.3 is 10.5 Å². The highest BCUT2D eigenvalue weighted by Crippen LogP contribution is 2.27. The van der Waals surface area contributed by atoms with Gasteiger partial charge in [0, 0.05) is 16.9 Å². The van der Waals surface area contributed by atoms with Gasteiger partial charge in [0.1, 0.15) is 0 Å². The van der Waals surface area contributed by atoms with Gasteiger partial charge in [0.2, 0.25) is 0 Å². The van der Waals surface area contributed by atoms with Crippen LogP contribution >= 0.6 is 15.9 Å². The molecule has 1 atom stereocenters. The Morgan fingerprint density at radius 2 is 2.42 bits per heavy atom. The van der Waals surface area contributed by atoms with Gasteiger partial charge in [-0.1, -0.05) is 0 Å². The van der Waals surface area contributed by atoms with Crippen molar-refractivity contribution in [3.63, 3.8) is 0 Å². The van der Waals surface area contributed by atoms with Crippen LogP contribution in [0.15, 0.2) is 16.9 Å². The van der Waals surface area contributed by atoms with Crippen LogP contribution in [0.25, 0.3) is 0 Å². The molecule has 0 saturated heterocycles. The summed E-state index contributed by atoms with van der Waals surface area (Å²) >= 11 is 3.41. The Bertz CT molecular complexity index is 303. The normalized spacial score (nSPS) is 22.0. The topological polar surface area (TPSA) is 48.1 Å². The standard InChI is InChI=1S/C8H9BrN2O/c9-7-2-11-1-5-6(7)3-12-4-8(5)10/h1-2,8H,3-4,10H2. The molecular weight excluding hydrogens is 220 g/mol. The number of halogens is 1. The Labute approximate surface area is 79.1 Å². The molecule has 1 aliphatic heterocycles. The van der Waals surface area contributed by atoms with Crippen LogP contribution in [0.1, 0.15) is 17.2 Å². The second-order valence-corrected chi connectivity index (χ2v) is 3.67. The molecule has 2 N–H and O–H groups in total.